The maximum atomic E-state index is 10.9. The Balaban J connectivity index is 1.87. The molecule has 0 saturated heterocycles. The number of hydrogen-bond acceptors (Lipinski definition) is 6. The lowest BCUT2D eigenvalue weighted by atomic mass is 10.2. The van der Waals surface area contributed by atoms with Gasteiger partial charge in [-0.05, 0) is 17.5 Å². The van der Waals surface area contributed by atoms with Gasteiger partial charge >= 0.3 is 0 Å². The van der Waals surface area contributed by atoms with Crippen molar-refractivity contribution in [2.45, 2.75) is 6.61 Å². The average Bonchev–Trinajstić information content (AvgIpc) is 2.94. The van der Waals surface area contributed by atoms with E-state index in [1.54, 1.807) is 18.2 Å². The number of aromatic nitrogens is 2. The fourth-order valence-electron chi connectivity index (χ4n) is 1.84. The van der Waals surface area contributed by atoms with Crippen molar-refractivity contribution in [3.05, 3.63) is 57.7 Å². The van der Waals surface area contributed by atoms with Crippen molar-refractivity contribution < 1.29 is 9.66 Å². The lowest BCUT2D eigenvalue weighted by Crippen LogP contribution is -2.01. The molecule has 1 aromatic carbocycles. The van der Waals surface area contributed by atoms with E-state index >= 15 is 0 Å². The summed E-state index contributed by atoms with van der Waals surface area (Å²) >= 11 is 1.49. The maximum Gasteiger partial charge on any atom is 0.276 e. The van der Waals surface area contributed by atoms with Crippen molar-refractivity contribution in [1.82, 2.24) is 9.97 Å². The Morgan fingerprint density at radius 2 is 2.10 bits per heavy atom. The number of hydrogen-bond donors (Lipinski definition) is 0. The van der Waals surface area contributed by atoms with Gasteiger partial charge in [-0.15, -0.1) is 11.3 Å². The Morgan fingerprint density at radius 1 is 1.25 bits per heavy atom. The highest BCUT2D eigenvalue weighted by Crippen LogP contribution is 2.27. The molecule has 0 fully saturated rings. The Morgan fingerprint density at radius 3 is 2.95 bits per heavy atom. The number of nitro groups is 1. The van der Waals surface area contributed by atoms with Crippen LogP contribution in [0.15, 0.2) is 42.0 Å². The van der Waals surface area contributed by atoms with E-state index in [9.17, 15) is 10.1 Å². The number of benzene rings is 1. The number of thiophene rings is 1. The van der Waals surface area contributed by atoms with Crippen LogP contribution < -0.4 is 4.74 Å². The lowest BCUT2D eigenvalue weighted by Gasteiger charge is -2.06. The second-order valence-electron chi connectivity index (χ2n) is 3.99. The molecule has 0 atom stereocenters. The number of fused-ring (bicyclic) bond motifs is 1. The lowest BCUT2D eigenvalue weighted by molar-refractivity contribution is -0.385. The summed E-state index contributed by atoms with van der Waals surface area (Å²) in [7, 11) is 0. The fraction of sp³-hybridized carbons (Fsp3) is 0.0769. The zero-order valence-corrected chi connectivity index (χ0v) is 11.0. The Labute approximate surface area is 117 Å². The van der Waals surface area contributed by atoms with Crippen LogP contribution >= 0.6 is 11.3 Å². The molecule has 0 aliphatic heterocycles. The van der Waals surface area contributed by atoms with Gasteiger partial charge in [-0.3, -0.25) is 10.1 Å². The molecular formula is C13H9N3O3S. The predicted octanol–water partition coefficient (Wildman–Crippen LogP) is 3.18. The summed E-state index contributed by atoms with van der Waals surface area (Å²) in [4.78, 5) is 19.5. The van der Waals surface area contributed by atoms with E-state index in [4.69, 9.17) is 4.74 Å². The molecule has 0 spiro atoms. The third kappa shape index (κ3) is 2.30. The minimum atomic E-state index is -0.418. The van der Waals surface area contributed by atoms with E-state index in [-0.39, 0.29) is 12.3 Å². The highest BCUT2D eigenvalue weighted by Gasteiger charge is 2.14. The summed E-state index contributed by atoms with van der Waals surface area (Å²) in [5.74, 6) is 0.439. The molecule has 0 aliphatic carbocycles. The first kappa shape index (κ1) is 12.5. The molecule has 0 unspecified atom stereocenters. The van der Waals surface area contributed by atoms with Crippen molar-refractivity contribution in [1.29, 1.82) is 0 Å². The zero-order valence-electron chi connectivity index (χ0n) is 10.2. The van der Waals surface area contributed by atoms with E-state index in [0.29, 0.717) is 11.4 Å². The van der Waals surface area contributed by atoms with E-state index in [1.165, 1.54) is 23.7 Å². The van der Waals surface area contributed by atoms with Gasteiger partial charge in [0.15, 0.2) is 0 Å². The Hall–Kier alpha value is -2.54. The van der Waals surface area contributed by atoms with Crippen molar-refractivity contribution in [2.24, 2.45) is 0 Å². The minimum Gasteiger partial charge on any atom is -0.472 e. The van der Waals surface area contributed by atoms with Crippen molar-refractivity contribution >= 4 is 27.2 Å². The van der Waals surface area contributed by atoms with Gasteiger partial charge in [0.25, 0.3) is 5.69 Å². The molecule has 0 amide bonds. The summed E-state index contributed by atoms with van der Waals surface area (Å²) in [6.07, 6.45) is 1.42. The molecule has 2 aromatic heterocycles. The molecule has 0 aliphatic rings. The number of nitro benzene ring substituents is 1. The third-order valence-electron chi connectivity index (χ3n) is 2.78. The number of rotatable bonds is 4. The largest absolute Gasteiger partial charge is 0.472 e. The molecule has 0 bridgehead atoms. The van der Waals surface area contributed by atoms with Crippen LogP contribution in [-0.4, -0.2) is 14.9 Å². The fourth-order valence-corrected chi connectivity index (χ4v) is 2.56. The first-order valence-electron chi connectivity index (χ1n) is 5.79. The number of ether oxygens (including phenoxy) is 1. The topological polar surface area (TPSA) is 78.2 Å². The highest BCUT2D eigenvalue weighted by molar-refractivity contribution is 7.16. The summed E-state index contributed by atoms with van der Waals surface area (Å²) in [5, 5.41) is 13.6. The molecule has 2 heterocycles. The number of para-hydroxylation sites is 1. The second-order valence-corrected chi connectivity index (χ2v) is 4.89. The molecule has 20 heavy (non-hydrogen) atoms. The molecule has 0 N–H and O–H groups in total. The van der Waals surface area contributed by atoms with Crippen LogP contribution in [0.4, 0.5) is 5.69 Å². The van der Waals surface area contributed by atoms with Crippen molar-refractivity contribution in [3.8, 4) is 5.88 Å². The molecule has 7 heteroatoms. The van der Waals surface area contributed by atoms with E-state index in [2.05, 4.69) is 9.97 Å². The van der Waals surface area contributed by atoms with Gasteiger partial charge in [0.2, 0.25) is 5.88 Å². The van der Waals surface area contributed by atoms with Crippen LogP contribution in [0.5, 0.6) is 5.88 Å². The van der Waals surface area contributed by atoms with Crippen LogP contribution in [0.1, 0.15) is 5.56 Å². The van der Waals surface area contributed by atoms with Gasteiger partial charge in [0, 0.05) is 6.07 Å². The molecule has 6 nitrogen and oxygen atoms in total. The molecular weight excluding hydrogens is 278 g/mol. The molecule has 3 aromatic rings. The summed E-state index contributed by atoms with van der Waals surface area (Å²) in [5.41, 5.74) is 0.558. The van der Waals surface area contributed by atoms with E-state index in [0.717, 1.165) is 10.2 Å². The van der Waals surface area contributed by atoms with Crippen LogP contribution in [-0.2, 0) is 6.61 Å². The van der Waals surface area contributed by atoms with E-state index in [1.807, 2.05) is 11.4 Å². The monoisotopic (exact) mass is 287 g/mol. The molecule has 0 radical (unpaired) electrons. The van der Waals surface area contributed by atoms with Gasteiger partial charge in [0.1, 0.15) is 17.8 Å². The SMILES string of the molecule is O=[N+]([O-])c1ccccc1COc1ncnc2sccc12. The molecule has 0 saturated carbocycles. The Kier molecular flexibility index (Phi) is 3.26. The zero-order chi connectivity index (χ0) is 13.9. The first-order chi connectivity index (χ1) is 9.75. The average molecular weight is 287 g/mol. The second kappa shape index (κ2) is 5.22. The highest BCUT2D eigenvalue weighted by atomic mass is 32.1. The first-order valence-corrected chi connectivity index (χ1v) is 6.67. The van der Waals surface area contributed by atoms with Crippen LogP contribution in [0, 0.1) is 10.1 Å². The number of nitrogens with zero attached hydrogens (tertiary/aromatic N) is 3. The van der Waals surface area contributed by atoms with Crippen LogP contribution in [0.25, 0.3) is 10.2 Å². The predicted molar refractivity (Wildman–Crippen MR) is 74.8 cm³/mol. The van der Waals surface area contributed by atoms with Crippen LogP contribution in [0.3, 0.4) is 0 Å². The van der Waals surface area contributed by atoms with Crippen molar-refractivity contribution in [3.63, 3.8) is 0 Å². The quantitative estimate of drug-likeness (QED) is 0.544. The van der Waals surface area contributed by atoms with Gasteiger partial charge in [-0.25, -0.2) is 9.97 Å². The van der Waals surface area contributed by atoms with Gasteiger partial charge in [0.05, 0.1) is 15.9 Å². The van der Waals surface area contributed by atoms with Crippen molar-refractivity contribution in [2.75, 3.05) is 0 Å². The summed E-state index contributed by atoms with van der Waals surface area (Å²) in [6.45, 7) is 0.0963. The normalized spacial score (nSPS) is 10.6. The minimum absolute atomic E-state index is 0.0446. The third-order valence-corrected chi connectivity index (χ3v) is 3.60. The Bertz CT molecular complexity index is 772. The standard InChI is InChI=1S/C13H9N3O3S/c17-16(18)11-4-2-1-3-9(11)7-19-12-10-5-6-20-13(10)15-8-14-12/h1-6,8H,7H2. The van der Waals surface area contributed by atoms with Gasteiger partial charge < -0.3 is 4.74 Å². The smallest absolute Gasteiger partial charge is 0.276 e. The van der Waals surface area contributed by atoms with E-state index < -0.39 is 4.92 Å². The van der Waals surface area contributed by atoms with Crippen LogP contribution in [0.2, 0.25) is 0 Å². The molecule has 100 valence electrons. The van der Waals surface area contributed by atoms with Gasteiger partial charge in [-0.1, -0.05) is 12.1 Å². The summed E-state index contributed by atoms with van der Waals surface area (Å²) in [6, 6.07) is 8.37. The van der Waals surface area contributed by atoms with Gasteiger partial charge in [-0.2, -0.15) is 0 Å². The maximum absolute atomic E-state index is 10.9. The summed E-state index contributed by atoms with van der Waals surface area (Å²) < 4.78 is 5.61. The molecule has 3 rings (SSSR count).